The highest BCUT2D eigenvalue weighted by Gasteiger charge is 2.19. The minimum atomic E-state index is -0.802. The second kappa shape index (κ2) is 53.5. The van der Waals surface area contributed by atoms with E-state index >= 15 is 0 Å². The lowest BCUT2D eigenvalue weighted by molar-refractivity contribution is -0.167. The maximum atomic E-state index is 12.8. The Labute approximate surface area is 402 Å². The highest BCUT2D eigenvalue weighted by Crippen LogP contribution is 2.16. The van der Waals surface area contributed by atoms with Crippen molar-refractivity contribution in [1.82, 2.24) is 0 Å². The number of ether oxygens (including phenoxy) is 3. The van der Waals surface area contributed by atoms with Gasteiger partial charge in [0.1, 0.15) is 13.2 Å². The molecule has 0 saturated heterocycles. The van der Waals surface area contributed by atoms with Crippen LogP contribution in [0.1, 0.15) is 265 Å². The van der Waals surface area contributed by atoms with E-state index in [4.69, 9.17) is 14.2 Å². The van der Waals surface area contributed by atoms with Gasteiger partial charge in [-0.1, -0.05) is 235 Å². The molecule has 0 spiro atoms. The summed E-state index contributed by atoms with van der Waals surface area (Å²) < 4.78 is 16.8. The van der Waals surface area contributed by atoms with Crippen LogP contribution in [0, 0.1) is 0 Å². The molecule has 1 atom stereocenters. The fourth-order valence-corrected chi connectivity index (χ4v) is 7.59. The molecule has 0 aliphatic carbocycles. The van der Waals surface area contributed by atoms with Gasteiger partial charge in [-0.2, -0.15) is 0 Å². The molecule has 0 N–H and O–H groups in total. The first-order chi connectivity index (χ1) is 32.0. The van der Waals surface area contributed by atoms with Crippen LogP contribution in [0.15, 0.2) is 72.9 Å². The summed E-state index contributed by atoms with van der Waals surface area (Å²) in [5.74, 6) is -0.967. The van der Waals surface area contributed by atoms with Crippen molar-refractivity contribution in [3.63, 3.8) is 0 Å². The van der Waals surface area contributed by atoms with E-state index in [0.29, 0.717) is 19.3 Å². The zero-order chi connectivity index (χ0) is 47.2. The topological polar surface area (TPSA) is 78.9 Å². The third kappa shape index (κ3) is 51.7. The fraction of sp³-hybridized carbons (Fsp3) is 0.746. The van der Waals surface area contributed by atoms with Crippen LogP contribution in [-0.2, 0) is 28.6 Å². The van der Waals surface area contributed by atoms with Crippen LogP contribution in [0.2, 0.25) is 0 Å². The van der Waals surface area contributed by atoms with Crippen molar-refractivity contribution in [2.24, 2.45) is 0 Å². The molecule has 1 unspecified atom stereocenters. The SMILES string of the molecule is CC/C=C\C/C=C\C/C=C\C/C=C\C/C=C\CCCC(=O)OCC(COC(=O)CCCCC/C=C\CCCCCCCC)OC(=O)CCCCCCCCCCCCCCCCCCC. The first kappa shape index (κ1) is 61.9. The minimum absolute atomic E-state index is 0.0991. The van der Waals surface area contributed by atoms with Crippen molar-refractivity contribution in [2.45, 2.75) is 271 Å². The highest BCUT2D eigenvalue weighted by molar-refractivity contribution is 5.71. The standard InChI is InChI=1S/C59H102O6/c1-4-7-10-13-16-19-22-25-27-29-31-34-37-40-43-46-49-52-58(61)64-55-56(54-63-57(60)51-48-45-42-39-36-33-24-21-18-15-12-9-6-3)65-59(62)53-50-47-44-41-38-35-32-30-28-26-23-20-17-14-11-8-5-2/h7,10,16,19,25,27,31,33-34,36,40,43,56H,4-6,8-9,11-15,17-18,20-24,26,28-30,32,35,37-39,41-42,44-55H2,1-3H3/b10-7-,19-16-,27-25-,34-31-,36-33-,43-40-. The molecule has 65 heavy (non-hydrogen) atoms. The van der Waals surface area contributed by atoms with Gasteiger partial charge in [0.2, 0.25) is 0 Å². The molecule has 0 heterocycles. The molecule has 0 aromatic rings. The van der Waals surface area contributed by atoms with E-state index in [9.17, 15) is 14.4 Å². The number of carbonyl (C=O) groups is 3. The summed E-state index contributed by atoms with van der Waals surface area (Å²) in [6.07, 6.45) is 67.5. The molecular weight excluding hydrogens is 805 g/mol. The minimum Gasteiger partial charge on any atom is -0.462 e. The smallest absolute Gasteiger partial charge is 0.306 e. The number of carbonyl (C=O) groups excluding carboxylic acids is 3. The number of hydrogen-bond donors (Lipinski definition) is 0. The Bertz CT molecular complexity index is 1230. The third-order valence-corrected chi connectivity index (χ3v) is 11.7. The van der Waals surface area contributed by atoms with E-state index in [1.54, 1.807) is 0 Å². The van der Waals surface area contributed by atoms with Crippen LogP contribution in [0.3, 0.4) is 0 Å². The lowest BCUT2D eigenvalue weighted by atomic mass is 10.0. The number of allylic oxidation sites excluding steroid dienone is 12. The second-order valence-corrected chi connectivity index (χ2v) is 18.1. The van der Waals surface area contributed by atoms with Crippen molar-refractivity contribution in [3.8, 4) is 0 Å². The molecule has 0 radical (unpaired) electrons. The number of esters is 3. The van der Waals surface area contributed by atoms with Gasteiger partial charge in [0.05, 0.1) is 0 Å². The summed E-state index contributed by atoms with van der Waals surface area (Å²) in [7, 11) is 0. The predicted molar refractivity (Wildman–Crippen MR) is 279 cm³/mol. The van der Waals surface area contributed by atoms with Gasteiger partial charge in [-0.3, -0.25) is 14.4 Å². The van der Waals surface area contributed by atoms with Crippen LogP contribution in [0.4, 0.5) is 0 Å². The van der Waals surface area contributed by atoms with Crippen molar-refractivity contribution in [2.75, 3.05) is 13.2 Å². The first-order valence-electron chi connectivity index (χ1n) is 27.4. The summed E-state index contributed by atoms with van der Waals surface area (Å²) in [5, 5.41) is 0. The Hall–Kier alpha value is -3.15. The Morgan fingerprint density at radius 1 is 0.323 bits per heavy atom. The maximum absolute atomic E-state index is 12.8. The van der Waals surface area contributed by atoms with Crippen LogP contribution < -0.4 is 0 Å². The van der Waals surface area contributed by atoms with E-state index in [1.165, 1.54) is 128 Å². The van der Waals surface area contributed by atoms with Gasteiger partial charge in [0.15, 0.2) is 6.10 Å². The Kier molecular flexibility index (Phi) is 50.9. The lowest BCUT2D eigenvalue weighted by Gasteiger charge is -2.18. The molecule has 0 amide bonds. The quantitative estimate of drug-likeness (QED) is 0.0262. The molecule has 6 heteroatoms. The third-order valence-electron chi connectivity index (χ3n) is 11.7. The molecule has 0 aliphatic heterocycles. The van der Waals surface area contributed by atoms with E-state index < -0.39 is 6.10 Å². The Morgan fingerprint density at radius 3 is 1.03 bits per heavy atom. The van der Waals surface area contributed by atoms with Gasteiger partial charge in [-0.25, -0.2) is 0 Å². The second-order valence-electron chi connectivity index (χ2n) is 18.1. The van der Waals surface area contributed by atoms with Gasteiger partial charge in [-0.15, -0.1) is 0 Å². The molecule has 0 aromatic heterocycles. The largest absolute Gasteiger partial charge is 0.462 e. The van der Waals surface area contributed by atoms with E-state index in [2.05, 4.69) is 93.7 Å². The van der Waals surface area contributed by atoms with Crippen molar-refractivity contribution in [3.05, 3.63) is 72.9 Å². The predicted octanol–water partition coefficient (Wildman–Crippen LogP) is 18.2. The van der Waals surface area contributed by atoms with Crippen LogP contribution in [0.5, 0.6) is 0 Å². The number of unbranched alkanes of at least 4 members (excludes halogenated alkanes) is 26. The van der Waals surface area contributed by atoms with Gasteiger partial charge < -0.3 is 14.2 Å². The summed E-state index contributed by atoms with van der Waals surface area (Å²) in [5.41, 5.74) is 0. The fourth-order valence-electron chi connectivity index (χ4n) is 7.59. The monoisotopic (exact) mass is 907 g/mol. The Morgan fingerprint density at radius 2 is 0.615 bits per heavy atom. The zero-order valence-electron chi connectivity index (χ0n) is 42.7. The molecule has 0 aliphatic rings. The molecular formula is C59H102O6. The summed E-state index contributed by atoms with van der Waals surface area (Å²) >= 11 is 0. The molecule has 0 rings (SSSR count). The molecule has 374 valence electrons. The normalized spacial score (nSPS) is 12.6. The number of rotatable bonds is 49. The highest BCUT2D eigenvalue weighted by atomic mass is 16.6. The van der Waals surface area contributed by atoms with Crippen molar-refractivity contribution in [1.29, 1.82) is 0 Å². The number of hydrogen-bond acceptors (Lipinski definition) is 6. The molecule has 0 saturated carbocycles. The van der Waals surface area contributed by atoms with Gasteiger partial charge >= 0.3 is 17.9 Å². The van der Waals surface area contributed by atoms with Gasteiger partial charge in [0.25, 0.3) is 0 Å². The first-order valence-corrected chi connectivity index (χ1v) is 27.4. The van der Waals surface area contributed by atoms with E-state index in [0.717, 1.165) is 89.9 Å². The van der Waals surface area contributed by atoms with Crippen LogP contribution in [-0.4, -0.2) is 37.2 Å². The maximum Gasteiger partial charge on any atom is 0.306 e. The molecule has 0 fully saturated rings. The van der Waals surface area contributed by atoms with Crippen molar-refractivity contribution < 1.29 is 28.6 Å². The van der Waals surface area contributed by atoms with E-state index in [-0.39, 0.29) is 37.5 Å². The molecule has 6 nitrogen and oxygen atoms in total. The zero-order valence-corrected chi connectivity index (χ0v) is 42.7. The van der Waals surface area contributed by atoms with E-state index in [1.807, 2.05) is 0 Å². The average Bonchev–Trinajstić information content (AvgIpc) is 3.30. The molecule has 0 bridgehead atoms. The van der Waals surface area contributed by atoms with Crippen LogP contribution in [0.25, 0.3) is 0 Å². The average molecular weight is 907 g/mol. The van der Waals surface area contributed by atoms with Crippen LogP contribution >= 0.6 is 0 Å². The van der Waals surface area contributed by atoms with Gasteiger partial charge in [-0.05, 0) is 83.5 Å². The summed E-state index contributed by atoms with van der Waals surface area (Å²) in [6, 6.07) is 0. The summed E-state index contributed by atoms with van der Waals surface area (Å²) in [6.45, 7) is 6.47. The lowest BCUT2D eigenvalue weighted by Crippen LogP contribution is -2.30. The van der Waals surface area contributed by atoms with Gasteiger partial charge in [0, 0.05) is 19.3 Å². The summed E-state index contributed by atoms with van der Waals surface area (Å²) in [4.78, 5) is 38.0. The Balaban J connectivity index is 4.46. The molecule has 0 aromatic carbocycles. The van der Waals surface area contributed by atoms with Crippen molar-refractivity contribution >= 4 is 17.9 Å².